The minimum Gasteiger partial charge on any atom is -0.325 e. The molecule has 0 radical (unpaired) electrons. The molecule has 42 heavy (non-hydrogen) atoms. The molecule has 9 nitrogen and oxygen atoms in total. The Bertz CT molecular complexity index is 1640. The lowest BCUT2D eigenvalue weighted by Crippen LogP contribution is -2.30. The van der Waals surface area contributed by atoms with Gasteiger partial charge >= 0.3 is 0 Å². The molecule has 0 aromatic heterocycles. The van der Waals surface area contributed by atoms with Gasteiger partial charge in [0.25, 0.3) is 17.5 Å². The zero-order chi connectivity index (χ0) is 30.1. The molecule has 4 rings (SSSR count). The van der Waals surface area contributed by atoms with Crippen molar-refractivity contribution in [2.45, 2.75) is 18.7 Å². The van der Waals surface area contributed by atoms with E-state index in [1.54, 1.807) is 54.6 Å². The van der Waals surface area contributed by atoms with E-state index in [1.165, 1.54) is 42.1 Å². The summed E-state index contributed by atoms with van der Waals surface area (Å²) in [6, 6.07) is 26.8. The Hall–Kier alpha value is -5.22. The van der Waals surface area contributed by atoms with Crippen molar-refractivity contribution in [3.8, 4) is 0 Å². The number of carbonyl (C=O) groups excluding carboxylic acids is 3. The van der Waals surface area contributed by atoms with Gasteiger partial charge in [0, 0.05) is 34.0 Å². The van der Waals surface area contributed by atoms with Gasteiger partial charge in [-0.1, -0.05) is 24.3 Å². The summed E-state index contributed by atoms with van der Waals surface area (Å²) in [7, 11) is 0. The van der Waals surface area contributed by atoms with Gasteiger partial charge in [-0.15, -0.1) is 11.8 Å². The molecule has 0 fully saturated rings. The molecule has 0 saturated heterocycles. The highest BCUT2D eigenvalue weighted by Gasteiger charge is 2.16. The number of amides is 3. The van der Waals surface area contributed by atoms with Gasteiger partial charge in [-0.05, 0) is 97.3 Å². The van der Waals surface area contributed by atoms with Crippen LogP contribution >= 0.6 is 11.8 Å². The second-order valence-corrected chi connectivity index (χ2v) is 10.4. The van der Waals surface area contributed by atoms with Crippen molar-refractivity contribution in [2.75, 3.05) is 16.4 Å². The third kappa shape index (κ3) is 8.39. The van der Waals surface area contributed by atoms with E-state index < -0.39 is 16.7 Å². The first-order valence-corrected chi connectivity index (χ1v) is 13.9. The van der Waals surface area contributed by atoms with E-state index in [-0.39, 0.29) is 23.0 Å². The van der Waals surface area contributed by atoms with E-state index in [9.17, 15) is 24.5 Å². The minimum atomic E-state index is -0.578. The van der Waals surface area contributed by atoms with Crippen molar-refractivity contribution >= 4 is 52.6 Å². The van der Waals surface area contributed by atoms with Crippen molar-refractivity contribution in [1.29, 1.82) is 0 Å². The lowest BCUT2D eigenvalue weighted by atomic mass is 10.1. The number of rotatable bonds is 10. The number of nitro groups is 1. The third-order valence-corrected chi connectivity index (χ3v) is 7.23. The highest BCUT2D eigenvalue weighted by Crippen LogP contribution is 2.22. The van der Waals surface area contributed by atoms with Gasteiger partial charge < -0.3 is 16.0 Å². The van der Waals surface area contributed by atoms with E-state index in [0.717, 1.165) is 21.7 Å². The predicted octanol–water partition coefficient (Wildman–Crippen LogP) is 6.35. The van der Waals surface area contributed by atoms with Crippen molar-refractivity contribution in [2.24, 2.45) is 0 Å². The van der Waals surface area contributed by atoms with Crippen LogP contribution in [0.15, 0.2) is 108 Å². The van der Waals surface area contributed by atoms with Crippen LogP contribution in [0.4, 0.5) is 17.1 Å². The van der Waals surface area contributed by atoms with Gasteiger partial charge in [-0.3, -0.25) is 24.5 Å². The number of nitro benzene ring substituents is 1. The summed E-state index contributed by atoms with van der Waals surface area (Å²) in [5.41, 5.74) is 4.20. The van der Waals surface area contributed by atoms with E-state index in [4.69, 9.17) is 0 Å². The zero-order valence-corrected chi connectivity index (χ0v) is 23.7. The molecule has 0 heterocycles. The summed E-state index contributed by atoms with van der Waals surface area (Å²) >= 11 is 1.36. The predicted molar refractivity (Wildman–Crippen MR) is 165 cm³/mol. The van der Waals surface area contributed by atoms with Crippen LogP contribution in [-0.2, 0) is 9.59 Å². The fourth-order valence-electron chi connectivity index (χ4n) is 3.80. The summed E-state index contributed by atoms with van der Waals surface area (Å²) in [4.78, 5) is 49.7. The first-order valence-electron chi connectivity index (χ1n) is 12.9. The maximum atomic E-state index is 13.2. The van der Waals surface area contributed by atoms with Gasteiger partial charge in [-0.2, -0.15) is 0 Å². The summed E-state index contributed by atoms with van der Waals surface area (Å²) in [5, 5.41) is 19.3. The maximum Gasteiger partial charge on any atom is 0.272 e. The molecule has 0 aliphatic carbocycles. The highest BCUT2D eigenvalue weighted by molar-refractivity contribution is 8.00. The number of non-ortho nitro benzene ring substituents is 1. The number of hydrogen-bond donors (Lipinski definition) is 3. The molecule has 0 atom stereocenters. The molecule has 0 unspecified atom stereocenters. The minimum absolute atomic E-state index is 0.0424. The Balaban J connectivity index is 1.41. The number of hydrogen-bond acceptors (Lipinski definition) is 6. The molecule has 4 aromatic carbocycles. The van der Waals surface area contributed by atoms with Gasteiger partial charge in [0.05, 0.1) is 10.7 Å². The van der Waals surface area contributed by atoms with Crippen LogP contribution < -0.4 is 16.0 Å². The largest absolute Gasteiger partial charge is 0.325 e. The van der Waals surface area contributed by atoms with Crippen LogP contribution in [-0.4, -0.2) is 28.4 Å². The SMILES string of the molecule is Cc1ccc(NC(=O)CSc2ccc(NC(=O)/C(=C/c3ccc([N+](=O)[O-])cc3)NC(=O)c3ccccc3)cc2)cc1C. The van der Waals surface area contributed by atoms with Crippen LogP contribution in [0.2, 0.25) is 0 Å². The molecule has 0 bridgehead atoms. The fourth-order valence-corrected chi connectivity index (χ4v) is 4.50. The van der Waals surface area contributed by atoms with Crippen molar-refractivity contribution < 1.29 is 19.3 Å². The quantitative estimate of drug-likeness (QED) is 0.0867. The standard InChI is InChI=1S/C32H28N4O5S/c1-21-8-11-26(18-22(21)2)33-30(37)20-42-28-16-12-25(13-17-28)34-32(39)29(35-31(38)24-6-4-3-5-7-24)19-23-9-14-27(15-10-23)36(40)41/h3-19H,20H2,1-2H3,(H,33,37)(H,34,39)(H,35,38)/b29-19-. The summed E-state index contributed by atoms with van der Waals surface area (Å²) < 4.78 is 0. The van der Waals surface area contributed by atoms with Crippen LogP contribution in [0.5, 0.6) is 0 Å². The van der Waals surface area contributed by atoms with Crippen LogP contribution in [0.25, 0.3) is 6.08 Å². The molecule has 4 aromatic rings. The van der Waals surface area contributed by atoms with Gasteiger partial charge in [-0.25, -0.2) is 0 Å². The number of nitrogens with one attached hydrogen (secondary N) is 3. The molecular formula is C32H28N4O5S. The molecular weight excluding hydrogens is 552 g/mol. The Kier molecular flexibility index (Phi) is 9.85. The van der Waals surface area contributed by atoms with Gasteiger partial charge in [0.1, 0.15) is 5.70 Å². The zero-order valence-electron chi connectivity index (χ0n) is 22.9. The Labute approximate surface area is 247 Å². The molecule has 3 amide bonds. The van der Waals surface area contributed by atoms with Gasteiger partial charge in [0.15, 0.2) is 0 Å². The number of carbonyl (C=O) groups is 3. The van der Waals surface area contributed by atoms with Crippen molar-refractivity contribution in [1.82, 2.24) is 5.32 Å². The molecule has 10 heteroatoms. The molecule has 3 N–H and O–H groups in total. The number of aryl methyl sites for hydroxylation is 2. The lowest BCUT2D eigenvalue weighted by Gasteiger charge is -2.12. The summed E-state index contributed by atoms with van der Waals surface area (Å²) in [5.74, 6) is -0.974. The average Bonchev–Trinajstić information content (AvgIpc) is 2.99. The monoisotopic (exact) mass is 580 g/mol. The van der Waals surface area contributed by atoms with E-state index >= 15 is 0 Å². The van der Waals surface area contributed by atoms with Crippen molar-refractivity contribution in [3.05, 3.63) is 135 Å². The first-order chi connectivity index (χ1) is 20.2. The number of benzene rings is 4. The highest BCUT2D eigenvalue weighted by atomic mass is 32.2. The molecule has 0 aliphatic rings. The average molecular weight is 581 g/mol. The van der Waals surface area contributed by atoms with Crippen molar-refractivity contribution in [3.63, 3.8) is 0 Å². The summed E-state index contributed by atoms with van der Waals surface area (Å²) in [6.07, 6.45) is 1.44. The number of anilines is 2. The van der Waals surface area contributed by atoms with Gasteiger partial charge in [0.2, 0.25) is 5.91 Å². The normalized spacial score (nSPS) is 11.0. The number of thioether (sulfide) groups is 1. The third-order valence-electron chi connectivity index (χ3n) is 6.22. The molecule has 0 saturated carbocycles. The Morgan fingerprint density at radius 1 is 0.810 bits per heavy atom. The fraction of sp³-hybridized carbons (Fsp3) is 0.0938. The topological polar surface area (TPSA) is 130 Å². The first kappa shape index (κ1) is 29.8. The maximum absolute atomic E-state index is 13.2. The second-order valence-electron chi connectivity index (χ2n) is 9.34. The lowest BCUT2D eigenvalue weighted by molar-refractivity contribution is -0.384. The van der Waals surface area contributed by atoms with E-state index in [0.29, 0.717) is 16.8 Å². The molecule has 0 spiro atoms. The van der Waals surface area contributed by atoms with Crippen LogP contribution in [0.3, 0.4) is 0 Å². The van der Waals surface area contributed by atoms with Crippen LogP contribution in [0, 0.1) is 24.0 Å². The Morgan fingerprint density at radius 3 is 2.12 bits per heavy atom. The molecule has 0 aliphatic heterocycles. The van der Waals surface area contributed by atoms with E-state index in [2.05, 4.69) is 16.0 Å². The smallest absolute Gasteiger partial charge is 0.272 e. The summed E-state index contributed by atoms with van der Waals surface area (Å²) in [6.45, 7) is 4.01. The molecule has 212 valence electrons. The Morgan fingerprint density at radius 2 is 1.48 bits per heavy atom. The van der Waals surface area contributed by atoms with E-state index in [1.807, 2.05) is 32.0 Å². The second kappa shape index (κ2) is 13.9. The van der Waals surface area contributed by atoms with Crippen LogP contribution in [0.1, 0.15) is 27.0 Å². The number of nitrogens with zero attached hydrogens (tertiary/aromatic N) is 1.